The van der Waals surface area contributed by atoms with Crippen LogP contribution in [0.4, 0.5) is 0 Å². The molecule has 4 nitrogen and oxygen atoms in total. The highest BCUT2D eigenvalue weighted by Gasteiger charge is 2.08. The maximum Gasteiger partial charge on any atom is 0.251 e. The molecule has 108 valence electrons. The Morgan fingerprint density at radius 1 is 1.43 bits per heavy atom. The Bertz CT molecular complexity index is 711. The fourth-order valence-corrected chi connectivity index (χ4v) is 2.57. The zero-order valence-corrected chi connectivity index (χ0v) is 12.8. The second kappa shape index (κ2) is 7.02. The lowest BCUT2D eigenvalue weighted by molar-refractivity contribution is 0.0951. The number of benzene rings is 1. The lowest BCUT2D eigenvalue weighted by Gasteiger charge is -2.05. The maximum absolute atomic E-state index is 12.1. The van der Waals surface area contributed by atoms with Gasteiger partial charge in [0.1, 0.15) is 6.61 Å². The van der Waals surface area contributed by atoms with Gasteiger partial charge in [0.05, 0.1) is 11.6 Å². The molecule has 0 spiro atoms. The molecule has 0 atom stereocenters. The number of aliphatic hydroxyl groups excluding tert-OH is 1. The van der Waals surface area contributed by atoms with E-state index in [1.165, 1.54) is 0 Å². The van der Waals surface area contributed by atoms with Gasteiger partial charge < -0.3 is 10.4 Å². The number of thiazole rings is 1. The monoisotopic (exact) mass is 300 g/mol. The molecule has 2 aromatic rings. The first-order chi connectivity index (χ1) is 10.1. The summed E-state index contributed by atoms with van der Waals surface area (Å²) in [5.74, 6) is 5.33. The SMILES string of the molecule is Cc1ncc(CNC(=O)c2ccc(C#CCO)c(C)c2)s1. The quantitative estimate of drug-likeness (QED) is 0.853. The molecule has 5 heteroatoms. The van der Waals surface area contributed by atoms with Crippen molar-refractivity contribution in [1.82, 2.24) is 10.3 Å². The molecule has 1 amide bonds. The van der Waals surface area contributed by atoms with Crippen LogP contribution in [0.1, 0.15) is 31.4 Å². The first-order valence-electron chi connectivity index (χ1n) is 6.50. The molecule has 0 fully saturated rings. The van der Waals surface area contributed by atoms with Crippen molar-refractivity contribution >= 4 is 17.2 Å². The Balaban J connectivity index is 2.04. The molecule has 21 heavy (non-hydrogen) atoms. The van der Waals surface area contributed by atoms with E-state index < -0.39 is 0 Å². The van der Waals surface area contributed by atoms with E-state index in [1.807, 2.05) is 13.8 Å². The smallest absolute Gasteiger partial charge is 0.251 e. The van der Waals surface area contributed by atoms with E-state index in [2.05, 4.69) is 22.1 Å². The summed E-state index contributed by atoms with van der Waals surface area (Å²) in [6, 6.07) is 5.33. The van der Waals surface area contributed by atoms with Gasteiger partial charge in [0.15, 0.2) is 0 Å². The molecule has 0 saturated carbocycles. The number of aliphatic hydroxyl groups is 1. The molecular weight excluding hydrogens is 284 g/mol. The van der Waals surface area contributed by atoms with Crippen molar-refractivity contribution in [3.63, 3.8) is 0 Å². The summed E-state index contributed by atoms with van der Waals surface area (Å²) in [5.41, 5.74) is 2.33. The minimum atomic E-state index is -0.171. The first kappa shape index (κ1) is 15.2. The average molecular weight is 300 g/mol. The molecule has 0 saturated heterocycles. The Labute approximate surface area is 127 Å². The van der Waals surface area contributed by atoms with E-state index in [-0.39, 0.29) is 12.5 Å². The molecule has 1 heterocycles. The molecule has 1 aromatic heterocycles. The van der Waals surface area contributed by atoms with Gasteiger partial charge >= 0.3 is 0 Å². The summed E-state index contributed by atoms with van der Waals surface area (Å²) in [6.07, 6.45) is 1.78. The van der Waals surface area contributed by atoms with Crippen molar-refractivity contribution in [2.24, 2.45) is 0 Å². The van der Waals surface area contributed by atoms with Crippen LogP contribution >= 0.6 is 11.3 Å². The van der Waals surface area contributed by atoms with Crippen LogP contribution in [-0.2, 0) is 6.54 Å². The van der Waals surface area contributed by atoms with Crippen LogP contribution in [0, 0.1) is 25.7 Å². The maximum atomic E-state index is 12.1. The number of nitrogens with one attached hydrogen (secondary N) is 1. The number of aromatic nitrogens is 1. The number of hydrogen-bond acceptors (Lipinski definition) is 4. The number of hydrogen-bond donors (Lipinski definition) is 2. The zero-order chi connectivity index (χ0) is 15.2. The number of carbonyl (C=O) groups excluding carboxylic acids is 1. The van der Waals surface area contributed by atoms with Crippen LogP contribution in [-0.4, -0.2) is 22.6 Å². The number of rotatable bonds is 3. The molecule has 1 aromatic carbocycles. The second-order valence-corrected chi connectivity index (χ2v) is 5.84. The average Bonchev–Trinajstić information content (AvgIpc) is 2.89. The Kier molecular flexibility index (Phi) is 5.09. The van der Waals surface area contributed by atoms with Gasteiger partial charge in [-0.25, -0.2) is 4.98 Å². The second-order valence-electron chi connectivity index (χ2n) is 4.52. The van der Waals surface area contributed by atoms with Crippen molar-refractivity contribution in [3.05, 3.63) is 51.0 Å². The third-order valence-electron chi connectivity index (χ3n) is 2.88. The standard InChI is InChI=1S/C16H16N2O2S/c1-11-8-14(6-5-13(11)4-3-7-19)16(20)18-10-15-9-17-12(2)21-15/h5-6,8-9,19H,7,10H2,1-2H3,(H,18,20). The lowest BCUT2D eigenvalue weighted by atomic mass is 10.0. The van der Waals surface area contributed by atoms with Gasteiger partial charge in [-0.05, 0) is 37.6 Å². The van der Waals surface area contributed by atoms with Crippen LogP contribution in [0.3, 0.4) is 0 Å². The van der Waals surface area contributed by atoms with E-state index in [0.717, 1.165) is 21.0 Å². The summed E-state index contributed by atoms with van der Waals surface area (Å²) in [4.78, 5) is 17.3. The van der Waals surface area contributed by atoms with Gasteiger partial charge in [-0.15, -0.1) is 11.3 Å². The van der Waals surface area contributed by atoms with Crippen molar-refractivity contribution in [1.29, 1.82) is 0 Å². The molecule has 0 unspecified atom stereocenters. The summed E-state index contributed by atoms with van der Waals surface area (Å²) in [5, 5.41) is 12.6. The van der Waals surface area contributed by atoms with Gasteiger partial charge in [0.2, 0.25) is 0 Å². The summed E-state index contributed by atoms with van der Waals surface area (Å²) in [6.45, 7) is 4.14. The van der Waals surface area contributed by atoms with Crippen LogP contribution < -0.4 is 5.32 Å². The third kappa shape index (κ3) is 4.15. The van der Waals surface area contributed by atoms with E-state index in [0.29, 0.717) is 12.1 Å². The fraction of sp³-hybridized carbons (Fsp3) is 0.250. The van der Waals surface area contributed by atoms with Crippen LogP contribution in [0.15, 0.2) is 24.4 Å². The molecular formula is C16H16N2O2S. The van der Waals surface area contributed by atoms with Gasteiger partial charge in [-0.1, -0.05) is 11.8 Å². The highest BCUT2D eigenvalue weighted by molar-refractivity contribution is 7.11. The highest BCUT2D eigenvalue weighted by atomic mass is 32.1. The minimum Gasteiger partial charge on any atom is -0.384 e. The van der Waals surface area contributed by atoms with Gasteiger partial charge in [0, 0.05) is 22.2 Å². The van der Waals surface area contributed by atoms with Crippen LogP contribution in [0.5, 0.6) is 0 Å². The van der Waals surface area contributed by atoms with Crippen molar-refractivity contribution in [2.75, 3.05) is 6.61 Å². The molecule has 2 N–H and O–H groups in total. The van der Waals surface area contributed by atoms with Crippen molar-refractivity contribution in [2.45, 2.75) is 20.4 Å². The largest absolute Gasteiger partial charge is 0.384 e. The number of nitrogens with zero attached hydrogens (tertiary/aromatic N) is 1. The summed E-state index contributed by atoms with van der Waals surface area (Å²) in [7, 11) is 0. The number of amides is 1. The van der Waals surface area contributed by atoms with E-state index in [9.17, 15) is 4.79 Å². The summed E-state index contributed by atoms with van der Waals surface area (Å²) >= 11 is 1.57. The fourth-order valence-electron chi connectivity index (χ4n) is 1.84. The molecule has 2 rings (SSSR count). The summed E-state index contributed by atoms with van der Waals surface area (Å²) < 4.78 is 0. The normalized spacial score (nSPS) is 9.86. The minimum absolute atomic E-state index is 0.120. The molecule has 0 aliphatic heterocycles. The van der Waals surface area contributed by atoms with Gasteiger partial charge in [-0.3, -0.25) is 4.79 Å². The highest BCUT2D eigenvalue weighted by Crippen LogP contribution is 2.13. The Morgan fingerprint density at radius 3 is 2.86 bits per heavy atom. The molecule has 0 radical (unpaired) electrons. The Morgan fingerprint density at radius 2 is 2.24 bits per heavy atom. The van der Waals surface area contributed by atoms with Crippen LogP contribution in [0.2, 0.25) is 0 Å². The van der Waals surface area contributed by atoms with Crippen molar-refractivity contribution < 1.29 is 9.90 Å². The molecule has 0 aliphatic carbocycles. The van der Waals surface area contributed by atoms with E-state index in [4.69, 9.17) is 5.11 Å². The molecule has 0 bridgehead atoms. The molecule has 0 aliphatic rings. The Hall–Kier alpha value is -2.16. The van der Waals surface area contributed by atoms with Crippen LogP contribution in [0.25, 0.3) is 0 Å². The lowest BCUT2D eigenvalue weighted by Crippen LogP contribution is -2.22. The topological polar surface area (TPSA) is 62.2 Å². The van der Waals surface area contributed by atoms with Crippen molar-refractivity contribution in [3.8, 4) is 11.8 Å². The van der Waals surface area contributed by atoms with Gasteiger partial charge in [0.25, 0.3) is 5.91 Å². The predicted octanol–water partition coefficient (Wildman–Crippen LogP) is 2.03. The third-order valence-corrected chi connectivity index (χ3v) is 3.80. The first-order valence-corrected chi connectivity index (χ1v) is 7.31. The van der Waals surface area contributed by atoms with Gasteiger partial charge in [-0.2, -0.15) is 0 Å². The number of aryl methyl sites for hydroxylation is 2. The van der Waals surface area contributed by atoms with E-state index >= 15 is 0 Å². The number of carbonyl (C=O) groups is 1. The zero-order valence-electron chi connectivity index (χ0n) is 11.9. The van der Waals surface area contributed by atoms with E-state index in [1.54, 1.807) is 35.7 Å². The predicted molar refractivity (Wildman–Crippen MR) is 83.2 cm³/mol.